The van der Waals surface area contributed by atoms with Crippen molar-refractivity contribution in [3.8, 4) is 11.5 Å². The molecule has 37 heavy (non-hydrogen) atoms. The van der Waals surface area contributed by atoms with Crippen LogP contribution in [0.3, 0.4) is 0 Å². The predicted molar refractivity (Wildman–Crippen MR) is 147 cm³/mol. The number of hydrogen-bond donors (Lipinski definition) is 0. The molecule has 0 saturated carbocycles. The first-order valence-electron chi connectivity index (χ1n) is 11.2. The van der Waals surface area contributed by atoms with Crippen molar-refractivity contribution < 1.29 is 19.1 Å². The summed E-state index contributed by atoms with van der Waals surface area (Å²) in [5.74, 6) is 0.695. The molecular weight excluding hydrogens is 555 g/mol. The Kier molecular flexibility index (Phi) is 6.32. The second kappa shape index (κ2) is 9.65. The van der Waals surface area contributed by atoms with Gasteiger partial charge in [0.05, 0.1) is 18.0 Å². The summed E-state index contributed by atoms with van der Waals surface area (Å²) in [4.78, 5) is 27.6. The van der Waals surface area contributed by atoms with Gasteiger partial charge in [0, 0.05) is 49.4 Å². The van der Waals surface area contributed by atoms with Crippen molar-refractivity contribution in [3.05, 3.63) is 97.5 Å². The van der Waals surface area contributed by atoms with Gasteiger partial charge in [-0.3, -0.25) is 14.5 Å². The summed E-state index contributed by atoms with van der Waals surface area (Å²) in [6.45, 7) is 0.594. The number of ether oxygens (including phenoxy) is 2. The Bertz CT molecular complexity index is 1610. The number of amides is 2. The third kappa shape index (κ3) is 4.46. The van der Waals surface area contributed by atoms with Crippen LogP contribution in [0.2, 0.25) is 15.1 Å². The first-order chi connectivity index (χ1) is 17.9. The topological polar surface area (TPSA) is 60.8 Å². The molecule has 186 valence electrons. The first kappa shape index (κ1) is 24.2. The maximum absolute atomic E-state index is 13.3. The zero-order valence-corrected chi connectivity index (χ0v) is 22.1. The molecule has 2 aliphatic heterocycles. The number of carbonyl (C=O) groups excluding carboxylic acids is 2. The lowest BCUT2D eigenvalue weighted by atomic mass is 10.1. The fraction of sp³-hybridized carbons (Fsp3) is 0.111. The van der Waals surface area contributed by atoms with Gasteiger partial charge in [0.1, 0.15) is 0 Å². The van der Waals surface area contributed by atoms with E-state index in [1.165, 1.54) is 4.90 Å². The lowest BCUT2D eigenvalue weighted by molar-refractivity contribution is -0.123. The second-order valence-electron chi connectivity index (χ2n) is 8.49. The number of rotatable bonds is 5. The number of aromatic nitrogens is 1. The molecule has 0 bridgehead atoms. The number of para-hydroxylation sites is 1. The SMILES string of the molecule is O=C1S/C(=C\c2cn(Cc3c(Cl)cccc3Cl)c3ccccc23)C(=O)N1Cc1cc2c(cc1Cl)OCO2. The van der Waals surface area contributed by atoms with Crippen LogP contribution in [0, 0.1) is 0 Å². The maximum atomic E-state index is 13.3. The molecule has 3 aromatic carbocycles. The van der Waals surface area contributed by atoms with E-state index in [1.54, 1.807) is 36.4 Å². The van der Waals surface area contributed by atoms with E-state index >= 15 is 0 Å². The minimum Gasteiger partial charge on any atom is -0.454 e. The van der Waals surface area contributed by atoms with Crippen LogP contribution in [0.4, 0.5) is 4.79 Å². The van der Waals surface area contributed by atoms with Gasteiger partial charge in [0.15, 0.2) is 11.5 Å². The number of nitrogens with zero attached hydrogens (tertiary/aromatic N) is 2. The maximum Gasteiger partial charge on any atom is 0.293 e. The Morgan fingerprint density at radius 3 is 2.41 bits per heavy atom. The van der Waals surface area contributed by atoms with Gasteiger partial charge in [0.25, 0.3) is 11.1 Å². The smallest absolute Gasteiger partial charge is 0.293 e. The van der Waals surface area contributed by atoms with Gasteiger partial charge in [0.2, 0.25) is 6.79 Å². The highest BCUT2D eigenvalue weighted by Crippen LogP contribution is 2.40. The van der Waals surface area contributed by atoms with Crippen molar-refractivity contribution in [1.82, 2.24) is 9.47 Å². The first-order valence-corrected chi connectivity index (χ1v) is 13.2. The van der Waals surface area contributed by atoms with Crippen molar-refractivity contribution in [1.29, 1.82) is 0 Å². The third-order valence-electron chi connectivity index (χ3n) is 6.24. The Labute approximate surface area is 231 Å². The highest BCUT2D eigenvalue weighted by Gasteiger charge is 2.36. The summed E-state index contributed by atoms with van der Waals surface area (Å²) in [7, 11) is 0. The van der Waals surface area contributed by atoms with E-state index in [0.29, 0.717) is 43.6 Å². The molecule has 0 radical (unpaired) electrons. The third-order valence-corrected chi connectivity index (χ3v) is 8.21. The van der Waals surface area contributed by atoms with Crippen molar-refractivity contribution in [2.75, 3.05) is 6.79 Å². The molecular formula is C27H17Cl3N2O4S. The van der Waals surface area contributed by atoms with Gasteiger partial charge >= 0.3 is 0 Å². The number of imide groups is 1. The summed E-state index contributed by atoms with van der Waals surface area (Å²) in [6, 6.07) is 16.6. The Balaban J connectivity index is 1.32. The molecule has 1 saturated heterocycles. The van der Waals surface area contributed by atoms with Crippen LogP contribution in [0.5, 0.6) is 11.5 Å². The predicted octanol–water partition coefficient (Wildman–Crippen LogP) is 7.62. The highest BCUT2D eigenvalue weighted by molar-refractivity contribution is 8.18. The van der Waals surface area contributed by atoms with E-state index in [0.717, 1.165) is 33.8 Å². The summed E-state index contributed by atoms with van der Waals surface area (Å²) in [5.41, 5.74) is 3.17. The number of halogens is 3. The monoisotopic (exact) mass is 570 g/mol. The molecule has 1 aromatic heterocycles. The molecule has 10 heteroatoms. The van der Waals surface area contributed by atoms with Crippen molar-refractivity contribution in [3.63, 3.8) is 0 Å². The number of fused-ring (bicyclic) bond motifs is 2. The molecule has 0 N–H and O–H groups in total. The molecule has 1 fully saturated rings. The fourth-order valence-corrected chi connectivity index (χ4v) is 5.96. The van der Waals surface area contributed by atoms with E-state index in [4.69, 9.17) is 44.3 Å². The zero-order chi connectivity index (χ0) is 25.7. The normalized spacial score (nSPS) is 16.0. The molecule has 4 aromatic rings. The molecule has 0 unspecified atom stereocenters. The van der Waals surface area contributed by atoms with E-state index in [9.17, 15) is 9.59 Å². The molecule has 2 aliphatic rings. The summed E-state index contributed by atoms with van der Waals surface area (Å²) >= 11 is 20.1. The minimum atomic E-state index is -0.380. The van der Waals surface area contributed by atoms with Gasteiger partial charge in [-0.1, -0.05) is 59.1 Å². The highest BCUT2D eigenvalue weighted by atomic mass is 35.5. The van der Waals surface area contributed by atoms with Crippen LogP contribution in [0.25, 0.3) is 17.0 Å². The summed E-state index contributed by atoms with van der Waals surface area (Å²) < 4.78 is 12.8. The van der Waals surface area contributed by atoms with Crippen molar-refractivity contribution in [2.24, 2.45) is 0 Å². The Hall–Kier alpha value is -3.10. The second-order valence-corrected chi connectivity index (χ2v) is 10.7. The average molecular weight is 572 g/mol. The van der Waals surface area contributed by atoms with Gasteiger partial charge in [-0.05, 0) is 47.7 Å². The standard InChI is InChI=1S/C27H17Cl3N2O4S/c28-19-5-3-6-20(29)18(19)13-31-11-15(17-4-1-2-7-22(17)31)9-25-26(33)32(27(34)37-25)12-16-8-23-24(10-21(16)30)36-14-35-23/h1-11H,12-14H2/b25-9-. The Morgan fingerprint density at radius 2 is 1.62 bits per heavy atom. The summed E-state index contributed by atoms with van der Waals surface area (Å²) in [5, 5.41) is 2.13. The number of carbonyl (C=O) groups is 2. The Morgan fingerprint density at radius 1 is 0.892 bits per heavy atom. The fourth-order valence-electron chi connectivity index (χ4n) is 4.40. The lowest BCUT2D eigenvalue weighted by Gasteiger charge is -2.14. The number of thioether (sulfide) groups is 1. The van der Waals surface area contributed by atoms with Crippen LogP contribution in [-0.4, -0.2) is 27.4 Å². The van der Waals surface area contributed by atoms with Crippen LogP contribution in [0.1, 0.15) is 16.7 Å². The van der Waals surface area contributed by atoms with Gasteiger partial charge < -0.3 is 14.0 Å². The molecule has 3 heterocycles. The van der Waals surface area contributed by atoms with E-state index < -0.39 is 0 Å². The lowest BCUT2D eigenvalue weighted by Crippen LogP contribution is -2.27. The van der Waals surface area contributed by atoms with E-state index in [-0.39, 0.29) is 24.5 Å². The molecule has 6 nitrogen and oxygen atoms in total. The molecule has 0 aliphatic carbocycles. The zero-order valence-electron chi connectivity index (χ0n) is 19.0. The van der Waals surface area contributed by atoms with Crippen LogP contribution < -0.4 is 9.47 Å². The van der Waals surface area contributed by atoms with Crippen LogP contribution in [-0.2, 0) is 17.9 Å². The summed E-state index contributed by atoms with van der Waals surface area (Å²) in [6.07, 6.45) is 3.69. The number of hydrogen-bond acceptors (Lipinski definition) is 5. The van der Waals surface area contributed by atoms with Crippen LogP contribution >= 0.6 is 46.6 Å². The van der Waals surface area contributed by atoms with Crippen LogP contribution in [0.15, 0.2) is 65.7 Å². The molecule has 0 spiro atoms. The molecule has 2 amide bonds. The largest absolute Gasteiger partial charge is 0.454 e. The van der Waals surface area contributed by atoms with Gasteiger partial charge in [-0.25, -0.2) is 0 Å². The number of benzene rings is 3. The van der Waals surface area contributed by atoms with Crippen molar-refractivity contribution >= 4 is 74.7 Å². The molecule has 0 atom stereocenters. The quantitative estimate of drug-likeness (QED) is 0.231. The average Bonchev–Trinajstić information content (AvgIpc) is 3.54. The van der Waals surface area contributed by atoms with Crippen molar-refractivity contribution in [2.45, 2.75) is 13.1 Å². The van der Waals surface area contributed by atoms with E-state index in [1.807, 2.05) is 35.0 Å². The minimum absolute atomic E-state index is 0.0320. The van der Waals surface area contributed by atoms with Gasteiger partial charge in [-0.2, -0.15) is 0 Å². The van der Waals surface area contributed by atoms with E-state index in [2.05, 4.69) is 0 Å². The molecule has 6 rings (SSSR count). The van der Waals surface area contributed by atoms with Gasteiger partial charge in [-0.15, -0.1) is 0 Å².